The maximum absolute atomic E-state index is 12.9. The number of rotatable bonds is 7. The van der Waals surface area contributed by atoms with Gasteiger partial charge in [0.1, 0.15) is 11.5 Å². The van der Waals surface area contributed by atoms with Crippen molar-refractivity contribution < 1.29 is 22.6 Å². The standard InChI is InChI=1S/C24H27N3O5S2/c1-30-19-7-10-23(31-2)21(15-19)22-16-33-24(27(22)18-5-6-18)25-17-3-8-20(9-4-17)34(28,29)26-11-13-32-14-12-26/h3-4,7-10,15-16,18H,5-6,11-14H2,1-2H3. The molecule has 2 fully saturated rings. The third-order valence-electron chi connectivity index (χ3n) is 6.01. The minimum absolute atomic E-state index is 0.274. The van der Waals surface area contributed by atoms with Crippen LogP contribution in [0.25, 0.3) is 11.3 Å². The zero-order valence-corrected chi connectivity index (χ0v) is 20.8. The molecule has 34 heavy (non-hydrogen) atoms. The molecule has 10 heteroatoms. The summed E-state index contributed by atoms with van der Waals surface area (Å²) in [6, 6.07) is 12.9. The van der Waals surface area contributed by atoms with Crippen LogP contribution in [0.2, 0.25) is 0 Å². The highest BCUT2D eigenvalue weighted by molar-refractivity contribution is 7.89. The lowest BCUT2D eigenvalue weighted by molar-refractivity contribution is 0.0730. The number of sulfonamides is 1. The number of ether oxygens (including phenoxy) is 3. The van der Waals surface area contributed by atoms with E-state index < -0.39 is 10.0 Å². The first-order valence-electron chi connectivity index (χ1n) is 11.2. The van der Waals surface area contributed by atoms with Gasteiger partial charge < -0.3 is 18.8 Å². The lowest BCUT2D eigenvalue weighted by atomic mass is 10.1. The van der Waals surface area contributed by atoms with Crippen molar-refractivity contribution in [3.63, 3.8) is 0 Å². The summed E-state index contributed by atoms with van der Waals surface area (Å²) >= 11 is 1.56. The Morgan fingerprint density at radius 2 is 1.76 bits per heavy atom. The van der Waals surface area contributed by atoms with E-state index >= 15 is 0 Å². The molecule has 8 nitrogen and oxygen atoms in total. The Bertz CT molecular complexity index is 1340. The molecule has 2 heterocycles. The predicted molar refractivity (Wildman–Crippen MR) is 130 cm³/mol. The molecule has 1 saturated carbocycles. The molecular formula is C24H27N3O5S2. The van der Waals surface area contributed by atoms with Crippen molar-refractivity contribution in [1.82, 2.24) is 8.87 Å². The quantitative estimate of drug-likeness (QED) is 0.492. The van der Waals surface area contributed by atoms with E-state index in [1.54, 1.807) is 49.8 Å². The van der Waals surface area contributed by atoms with E-state index in [-0.39, 0.29) is 4.90 Å². The second-order valence-electron chi connectivity index (χ2n) is 8.19. The van der Waals surface area contributed by atoms with Crippen molar-refractivity contribution in [1.29, 1.82) is 0 Å². The summed E-state index contributed by atoms with van der Waals surface area (Å²) in [7, 11) is -0.212. The van der Waals surface area contributed by atoms with Crippen molar-refractivity contribution in [3.05, 3.63) is 52.6 Å². The van der Waals surface area contributed by atoms with Gasteiger partial charge in [0.25, 0.3) is 0 Å². The molecule has 0 radical (unpaired) electrons. The van der Waals surface area contributed by atoms with E-state index in [1.807, 2.05) is 18.2 Å². The number of benzene rings is 2. The van der Waals surface area contributed by atoms with E-state index in [1.165, 1.54) is 4.31 Å². The number of morpholine rings is 1. The van der Waals surface area contributed by atoms with E-state index in [4.69, 9.17) is 19.2 Å². The first-order valence-corrected chi connectivity index (χ1v) is 13.5. The van der Waals surface area contributed by atoms with E-state index in [0.717, 1.165) is 40.4 Å². The number of thiazole rings is 1. The Morgan fingerprint density at radius 1 is 1.03 bits per heavy atom. The van der Waals surface area contributed by atoms with Crippen LogP contribution in [-0.2, 0) is 14.8 Å². The molecule has 0 N–H and O–H groups in total. The summed E-state index contributed by atoms with van der Waals surface area (Å²) in [5, 5.41) is 2.09. The molecule has 1 aromatic heterocycles. The molecule has 0 spiro atoms. The third-order valence-corrected chi connectivity index (χ3v) is 8.76. The van der Waals surface area contributed by atoms with Crippen LogP contribution in [0, 0.1) is 0 Å². The lowest BCUT2D eigenvalue weighted by Gasteiger charge is -2.26. The lowest BCUT2D eigenvalue weighted by Crippen LogP contribution is -2.40. The fraction of sp³-hybridized carbons (Fsp3) is 0.375. The number of nitrogens with zero attached hydrogens (tertiary/aromatic N) is 3. The smallest absolute Gasteiger partial charge is 0.243 e. The van der Waals surface area contributed by atoms with Gasteiger partial charge >= 0.3 is 0 Å². The summed E-state index contributed by atoms with van der Waals surface area (Å²) in [4.78, 5) is 6.00. The summed E-state index contributed by atoms with van der Waals surface area (Å²) < 4.78 is 45.8. The van der Waals surface area contributed by atoms with Gasteiger partial charge in [-0.25, -0.2) is 13.4 Å². The minimum Gasteiger partial charge on any atom is -0.497 e. The SMILES string of the molecule is COc1ccc(OC)c(-c2csc(=Nc3ccc(S(=O)(=O)N4CCOCC4)cc3)n2C2CC2)c1. The van der Waals surface area contributed by atoms with Gasteiger partial charge in [0, 0.05) is 30.1 Å². The number of hydrogen-bond acceptors (Lipinski definition) is 7. The third kappa shape index (κ3) is 4.50. The molecule has 5 rings (SSSR count). The zero-order chi connectivity index (χ0) is 23.7. The Balaban J connectivity index is 1.50. The number of aromatic nitrogens is 1. The van der Waals surface area contributed by atoms with Crippen LogP contribution in [0.3, 0.4) is 0 Å². The molecule has 0 amide bonds. The van der Waals surface area contributed by atoms with Crippen molar-refractivity contribution in [2.75, 3.05) is 40.5 Å². The van der Waals surface area contributed by atoms with Crippen LogP contribution in [0.15, 0.2) is 57.7 Å². The first-order chi connectivity index (χ1) is 16.5. The average molecular weight is 502 g/mol. The molecule has 2 aromatic carbocycles. The summed E-state index contributed by atoms with van der Waals surface area (Å²) in [6.07, 6.45) is 2.19. The van der Waals surface area contributed by atoms with Crippen LogP contribution < -0.4 is 14.3 Å². The van der Waals surface area contributed by atoms with Gasteiger partial charge in [-0.05, 0) is 55.3 Å². The zero-order valence-electron chi connectivity index (χ0n) is 19.1. The van der Waals surface area contributed by atoms with Crippen LogP contribution in [0.1, 0.15) is 18.9 Å². The van der Waals surface area contributed by atoms with Gasteiger partial charge in [-0.15, -0.1) is 11.3 Å². The molecule has 0 bridgehead atoms. The molecule has 1 saturated heterocycles. The van der Waals surface area contributed by atoms with Crippen LogP contribution in [-0.4, -0.2) is 57.8 Å². The highest BCUT2D eigenvalue weighted by atomic mass is 32.2. The van der Waals surface area contributed by atoms with E-state index in [9.17, 15) is 8.42 Å². The molecule has 1 aliphatic carbocycles. The van der Waals surface area contributed by atoms with E-state index in [0.29, 0.717) is 38.0 Å². The summed E-state index contributed by atoms with van der Waals surface area (Å²) in [6.45, 7) is 1.60. The van der Waals surface area contributed by atoms with Crippen molar-refractivity contribution in [2.45, 2.75) is 23.8 Å². The highest BCUT2D eigenvalue weighted by Gasteiger charge is 2.29. The number of methoxy groups -OCH3 is 2. The Labute approximate surface area is 203 Å². The van der Waals surface area contributed by atoms with Crippen molar-refractivity contribution in [3.8, 4) is 22.8 Å². The molecular weight excluding hydrogens is 474 g/mol. The predicted octanol–water partition coefficient (Wildman–Crippen LogP) is 3.82. The van der Waals surface area contributed by atoms with Gasteiger partial charge in [-0.1, -0.05) is 0 Å². The normalized spacial score (nSPS) is 17.6. The molecule has 0 unspecified atom stereocenters. The second kappa shape index (κ2) is 9.53. The topological polar surface area (TPSA) is 82.4 Å². The second-order valence-corrected chi connectivity index (χ2v) is 11.0. The largest absolute Gasteiger partial charge is 0.497 e. The molecule has 2 aliphatic rings. The molecule has 0 atom stereocenters. The minimum atomic E-state index is -3.53. The van der Waals surface area contributed by atoms with E-state index in [2.05, 4.69) is 9.95 Å². The fourth-order valence-corrected chi connectivity index (χ4v) is 6.42. The van der Waals surface area contributed by atoms with Crippen LogP contribution >= 0.6 is 11.3 Å². The summed E-state index contributed by atoms with van der Waals surface area (Å²) in [5.74, 6) is 1.54. The van der Waals surface area contributed by atoms with Gasteiger partial charge in [-0.2, -0.15) is 4.31 Å². The monoisotopic (exact) mass is 501 g/mol. The maximum Gasteiger partial charge on any atom is 0.243 e. The van der Waals surface area contributed by atoms with Gasteiger partial charge in [-0.3, -0.25) is 0 Å². The summed E-state index contributed by atoms with van der Waals surface area (Å²) in [5.41, 5.74) is 2.70. The van der Waals surface area contributed by atoms with Crippen molar-refractivity contribution >= 4 is 27.0 Å². The van der Waals surface area contributed by atoms with Gasteiger partial charge in [0.05, 0.1) is 43.7 Å². The maximum atomic E-state index is 12.9. The van der Waals surface area contributed by atoms with Gasteiger partial charge in [0.2, 0.25) is 10.0 Å². The first kappa shape index (κ1) is 23.1. The molecule has 1 aliphatic heterocycles. The highest BCUT2D eigenvalue weighted by Crippen LogP contribution is 2.41. The van der Waals surface area contributed by atoms with Crippen molar-refractivity contribution in [2.24, 2.45) is 4.99 Å². The van der Waals surface area contributed by atoms with Gasteiger partial charge in [0.15, 0.2) is 4.80 Å². The van der Waals surface area contributed by atoms with Crippen LogP contribution in [0.4, 0.5) is 5.69 Å². The average Bonchev–Trinajstić information content (AvgIpc) is 3.64. The molecule has 3 aromatic rings. The fourth-order valence-electron chi connectivity index (χ4n) is 4.04. The Morgan fingerprint density at radius 3 is 2.41 bits per heavy atom. The number of hydrogen-bond donors (Lipinski definition) is 0. The molecule has 180 valence electrons. The Kier molecular flexibility index (Phi) is 6.48. The Hall–Kier alpha value is -2.66. The van der Waals surface area contributed by atoms with Crippen LogP contribution in [0.5, 0.6) is 11.5 Å².